The molecule has 150 valence electrons. The third kappa shape index (κ3) is 5.01. The first-order valence-corrected chi connectivity index (χ1v) is 10.7. The number of piperazine rings is 1. The van der Waals surface area contributed by atoms with Crippen LogP contribution in [0.1, 0.15) is 5.56 Å². The second-order valence-corrected chi connectivity index (χ2v) is 8.83. The molecule has 1 N–H and O–H groups in total. The normalized spacial score (nSPS) is 15.4. The van der Waals surface area contributed by atoms with Gasteiger partial charge in [0.25, 0.3) is 0 Å². The Hall–Kier alpha value is -2.16. The fourth-order valence-corrected chi connectivity index (χ4v) is 4.69. The Labute approximate surface area is 168 Å². The van der Waals surface area contributed by atoms with Gasteiger partial charge in [-0.25, -0.2) is 17.6 Å². The lowest BCUT2D eigenvalue weighted by atomic mass is 10.1. The number of urea groups is 1. The number of rotatable bonds is 5. The topological polar surface area (TPSA) is 69.7 Å². The van der Waals surface area contributed by atoms with Crippen LogP contribution in [0.15, 0.2) is 53.4 Å². The zero-order chi connectivity index (χ0) is 20.1. The SMILES string of the molecule is O=C(NCCc1cccc(Cl)c1)N1CCN(S(=O)(=O)c2cccc(F)c2)CC1. The monoisotopic (exact) mass is 425 g/mol. The zero-order valence-electron chi connectivity index (χ0n) is 15.1. The fraction of sp³-hybridized carbons (Fsp3) is 0.316. The third-order valence-electron chi connectivity index (χ3n) is 4.54. The van der Waals surface area contributed by atoms with Crippen LogP contribution >= 0.6 is 11.6 Å². The van der Waals surface area contributed by atoms with Crippen molar-refractivity contribution < 1.29 is 17.6 Å². The summed E-state index contributed by atoms with van der Waals surface area (Å²) in [5, 5.41) is 3.49. The molecular formula is C19H21ClFN3O3S. The second-order valence-electron chi connectivity index (χ2n) is 6.46. The Morgan fingerprint density at radius 2 is 1.79 bits per heavy atom. The number of halogens is 2. The Bertz CT molecular complexity index is 947. The van der Waals surface area contributed by atoms with E-state index in [0.29, 0.717) is 18.0 Å². The minimum absolute atomic E-state index is 0.0769. The highest BCUT2D eigenvalue weighted by atomic mass is 35.5. The predicted molar refractivity (Wildman–Crippen MR) is 105 cm³/mol. The summed E-state index contributed by atoms with van der Waals surface area (Å²) < 4.78 is 39.8. The van der Waals surface area contributed by atoms with Crippen molar-refractivity contribution in [2.75, 3.05) is 32.7 Å². The summed E-state index contributed by atoms with van der Waals surface area (Å²) in [5.74, 6) is -0.598. The number of benzene rings is 2. The maximum Gasteiger partial charge on any atom is 0.317 e. The quantitative estimate of drug-likeness (QED) is 0.800. The Morgan fingerprint density at radius 3 is 2.46 bits per heavy atom. The molecular weight excluding hydrogens is 405 g/mol. The third-order valence-corrected chi connectivity index (χ3v) is 6.67. The number of carbonyl (C=O) groups is 1. The van der Waals surface area contributed by atoms with E-state index in [1.165, 1.54) is 22.5 Å². The molecule has 0 bridgehead atoms. The van der Waals surface area contributed by atoms with E-state index in [4.69, 9.17) is 11.6 Å². The van der Waals surface area contributed by atoms with E-state index in [2.05, 4.69) is 5.32 Å². The van der Waals surface area contributed by atoms with Crippen molar-refractivity contribution >= 4 is 27.7 Å². The standard InChI is InChI=1S/C19H21ClFN3O3S/c20-16-4-1-3-15(13-16)7-8-22-19(25)23-9-11-24(12-10-23)28(26,27)18-6-2-5-17(21)14-18/h1-6,13-14H,7-12H2,(H,22,25). The van der Waals surface area contributed by atoms with Gasteiger partial charge in [-0.15, -0.1) is 0 Å². The molecule has 2 aromatic rings. The lowest BCUT2D eigenvalue weighted by molar-refractivity contribution is 0.172. The molecule has 1 aliphatic rings. The van der Waals surface area contributed by atoms with Crippen LogP contribution in [-0.2, 0) is 16.4 Å². The molecule has 0 saturated carbocycles. The maximum absolute atomic E-state index is 13.3. The predicted octanol–water partition coefficient (Wildman–Crippen LogP) is 2.74. The number of hydrogen-bond donors (Lipinski definition) is 1. The number of hydrogen-bond acceptors (Lipinski definition) is 3. The van der Waals surface area contributed by atoms with Gasteiger partial charge in [0.2, 0.25) is 10.0 Å². The molecule has 28 heavy (non-hydrogen) atoms. The van der Waals surface area contributed by atoms with Crippen LogP contribution in [0, 0.1) is 5.82 Å². The Kier molecular flexibility index (Phi) is 6.53. The van der Waals surface area contributed by atoms with Crippen LogP contribution in [0.3, 0.4) is 0 Å². The first-order valence-electron chi connectivity index (χ1n) is 8.89. The van der Waals surface area contributed by atoms with Gasteiger partial charge in [-0.1, -0.05) is 29.8 Å². The van der Waals surface area contributed by atoms with Gasteiger partial charge in [0.15, 0.2) is 0 Å². The fourth-order valence-electron chi connectivity index (χ4n) is 3.03. The molecule has 1 aliphatic heterocycles. The summed E-state index contributed by atoms with van der Waals surface area (Å²) in [6.45, 7) is 1.34. The van der Waals surface area contributed by atoms with Crippen LogP contribution in [0.25, 0.3) is 0 Å². The highest BCUT2D eigenvalue weighted by molar-refractivity contribution is 7.89. The number of nitrogens with zero attached hydrogens (tertiary/aromatic N) is 2. The summed E-state index contributed by atoms with van der Waals surface area (Å²) >= 11 is 5.94. The first kappa shape index (κ1) is 20.6. The van der Waals surface area contributed by atoms with Crippen molar-refractivity contribution in [3.63, 3.8) is 0 Å². The molecule has 9 heteroatoms. The van der Waals surface area contributed by atoms with Crippen LogP contribution < -0.4 is 5.32 Å². The van der Waals surface area contributed by atoms with E-state index in [9.17, 15) is 17.6 Å². The Balaban J connectivity index is 1.50. The molecule has 0 aromatic heterocycles. The van der Waals surface area contributed by atoms with Gasteiger partial charge >= 0.3 is 6.03 Å². The lowest BCUT2D eigenvalue weighted by Crippen LogP contribution is -2.53. The average molecular weight is 426 g/mol. The van der Waals surface area contributed by atoms with E-state index in [0.717, 1.165) is 11.6 Å². The molecule has 1 saturated heterocycles. The van der Waals surface area contributed by atoms with Crippen LogP contribution in [0.2, 0.25) is 5.02 Å². The van der Waals surface area contributed by atoms with E-state index in [-0.39, 0.29) is 37.1 Å². The summed E-state index contributed by atoms with van der Waals surface area (Å²) in [6.07, 6.45) is 0.653. The number of sulfonamides is 1. The molecule has 2 aromatic carbocycles. The van der Waals surface area contributed by atoms with Crippen molar-refractivity contribution in [2.24, 2.45) is 0 Å². The van der Waals surface area contributed by atoms with E-state index >= 15 is 0 Å². The van der Waals surface area contributed by atoms with Crippen molar-refractivity contribution in [3.05, 3.63) is 64.9 Å². The van der Waals surface area contributed by atoms with E-state index < -0.39 is 15.8 Å². The first-order chi connectivity index (χ1) is 13.4. The molecule has 6 nitrogen and oxygen atoms in total. The maximum atomic E-state index is 13.3. The van der Waals surface area contributed by atoms with Crippen molar-refractivity contribution in [1.82, 2.24) is 14.5 Å². The summed E-state index contributed by atoms with van der Waals surface area (Å²) in [5.41, 5.74) is 1.03. The number of carbonyl (C=O) groups excluding carboxylic acids is 1. The Morgan fingerprint density at radius 1 is 1.07 bits per heavy atom. The summed E-state index contributed by atoms with van der Waals surface area (Å²) in [7, 11) is -3.77. The van der Waals surface area contributed by atoms with Gasteiger partial charge in [0, 0.05) is 37.7 Å². The second kappa shape index (κ2) is 8.89. The van der Waals surface area contributed by atoms with E-state index in [1.807, 2.05) is 18.2 Å². The lowest BCUT2D eigenvalue weighted by Gasteiger charge is -2.34. The highest BCUT2D eigenvalue weighted by Crippen LogP contribution is 2.18. The van der Waals surface area contributed by atoms with Gasteiger partial charge in [0.1, 0.15) is 5.82 Å². The largest absolute Gasteiger partial charge is 0.338 e. The van der Waals surface area contributed by atoms with Crippen molar-refractivity contribution in [3.8, 4) is 0 Å². The molecule has 3 rings (SSSR count). The highest BCUT2D eigenvalue weighted by Gasteiger charge is 2.30. The van der Waals surface area contributed by atoms with E-state index in [1.54, 1.807) is 11.0 Å². The van der Waals surface area contributed by atoms with Crippen LogP contribution in [-0.4, -0.2) is 56.4 Å². The zero-order valence-corrected chi connectivity index (χ0v) is 16.7. The average Bonchev–Trinajstić information content (AvgIpc) is 2.68. The summed E-state index contributed by atoms with van der Waals surface area (Å²) in [6, 6.07) is 12.1. The van der Waals surface area contributed by atoms with Gasteiger partial charge in [-0.05, 0) is 42.3 Å². The minimum Gasteiger partial charge on any atom is -0.338 e. The molecule has 2 amide bonds. The molecule has 1 heterocycles. The van der Waals surface area contributed by atoms with Crippen LogP contribution in [0.5, 0.6) is 0 Å². The van der Waals surface area contributed by atoms with Gasteiger partial charge < -0.3 is 10.2 Å². The van der Waals surface area contributed by atoms with Crippen molar-refractivity contribution in [1.29, 1.82) is 0 Å². The molecule has 1 fully saturated rings. The van der Waals surface area contributed by atoms with Gasteiger partial charge in [-0.3, -0.25) is 0 Å². The molecule has 0 aliphatic carbocycles. The van der Waals surface area contributed by atoms with Gasteiger partial charge in [-0.2, -0.15) is 4.31 Å². The molecule has 0 unspecified atom stereocenters. The smallest absolute Gasteiger partial charge is 0.317 e. The van der Waals surface area contributed by atoms with Gasteiger partial charge in [0.05, 0.1) is 4.90 Å². The molecule has 0 spiro atoms. The molecule has 0 radical (unpaired) electrons. The number of nitrogens with one attached hydrogen (secondary N) is 1. The van der Waals surface area contributed by atoms with Crippen molar-refractivity contribution in [2.45, 2.75) is 11.3 Å². The summed E-state index contributed by atoms with van der Waals surface area (Å²) in [4.78, 5) is 13.8. The molecule has 0 atom stereocenters. The minimum atomic E-state index is -3.77. The number of amides is 2. The van der Waals surface area contributed by atoms with Crippen LogP contribution in [0.4, 0.5) is 9.18 Å².